The molecule has 0 radical (unpaired) electrons. The third kappa shape index (κ3) is 3.09. The first-order valence-corrected chi connectivity index (χ1v) is 10.7. The highest BCUT2D eigenvalue weighted by Crippen LogP contribution is 2.61. The molecular weight excluding hydrogens is 320 g/mol. The molecule has 2 atom stereocenters. The van der Waals surface area contributed by atoms with Crippen LogP contribution in [0.25, 0.3) is 0 Å². The second kappa shape index (κ2) is 6.37. The van der Waals surface area contributed by atoms with E-state index in [9.17, 15) is 4.79 Å². The zero-order valence-corrected chi connectivity index (χ0v) is 15.9. The average Bonchev–Trinajstić information content (AvgIpc) is 3.43. The number of carbonyl (C=O) groups is 1. The maximum absolute atomic E-state index is 13.0. The van der Waals surface area contributed by atoms with Crippen molar-refractivity contribution in [3.63, 3.8) is 0 Å². The van der Waals surface area contributed by atoms with Gasteiger partial charge in [-0.05, 0) is 87.0 Å². The lowest BCUT2D eigenvalue weighted by Crippen LogP contribution is -2.56. The first-order valence-electron chi connectivity index (χ1n) is 10.7. The van der Waals surface area contributed by atoms with E-state index in [1.165, 1.54) is 38.5 Å². The van der Waals surface area contributed by atoms with E-state index >= 15 is 0 Å². The highest BCUT2D eigenvalue weighted by atomic mass is 16.2. The molecule has 5 saturated carbocycles. The van der Waals surface area contributed by atoms with Crippen LogP contribution in [0.2, 0.25) is 0 Å². The molecule has 5 fully saturated rings. The van der Waals surface area contributed by atoms with E-state index < -0.39 is 0 Å². The minimum Gasteiger partial charge on any atom is -0.352 e. The van der Waals surface area contributed by atoms with E-state index in [4.69, 9.17) is 0 Å². The van der Waals surface area contributed by atoms with E-state index in [0.29, 0.717) is 17.5 Å². The van der Waals surface area contributed by atoms with Crippen LogP contribution in [0.1, 0.15) is 69.9 Å². The molecule has 26 heavy (non-hydrogen) atoms. The predicted molar refractivity (Wildman–Crippen MR) is 104 cm³/mol. The highest BCUT2D eigenvalue weighted by molar-refractivity contribution is 5.83. The second-order valence-corrected chi connectivity index (χ2v) is 9.79. The summed E-state index contributed by atoms with van der Waals surface area (Å²) in [6, 6.07) is 10.9. The molecule has 3 nitrogen and oxygen atoms in total. The van der Waals surface area contributed by atoms with Gasteiger partial charge in [-0.2, -0.15) is 0 Å². The number of carbonyl (C=O) groups excluding carboxylic acids is 1. The summed E-state index contributed by atoms with van der Waals surface area (Å²) in [5.41, 5.74) is 1.52. The van der Waals surface area contributed by atoms with Crippen LogP contribution in [0.5, 0.6) is 0 Å². The standard InChI is InChI=1S/C23H32N2O/c1-15(23-12-16-9-17(13-23)11-18(10-16)14-23)24-21(19-5-3-2-4-6-19)22(26)25-20-7-8-20/h2-6,15-18,20-21,24H,7-14H2,1H3,(H,25,26)/t15-,16?,17?,18?,21-,23?/m1/s1. The fourth-order valence-electron chi connectivity index (χ4n) is 6.62. The van der Waals surface area contributed by atoms with Crippen molar-refractivity contribution < 1.29 is 4.79 Å². The van der Waals surface area contributed by atoms with Crippen LogP contribution in [0.15, 0.2) is 30.3 Å². The topological polar surface area (TPSA) is 41.1 Å². The first-order chi connectivity index (χ1) is 12.6. The van der Waals surface area contributed by atoms with Gasteiger partial charge in [-0.25, -0.2) is 0 Å². The fourth-order valence-corrected chi connectivity index (χ4v) is 6.62. The zero-order chi connectivity index (χ0) is 17.7. The summed E-state index contributed by atoms with van der Waals surface area (Å²) in [6.45, 7) is 2.35. The number of hydrogen-bond acceptors (Lipinski definition) is 2. The molecule has 0 spiro atoms. The van der Waals surface area contributed by atoms with Crippen LogP contribution >= 0.6 is 0 Å². The average molecular weight is 353 g/mol. The Bertz CT molecular complexity index is 631. The Balaban J connectivity index is 1.36. The molecule has 0 aromatic heterocycles. The SMILES string of the molecule is C[C@@H](N[C@@H](C(=O)NC1CC1)c1ccccc1)C12CC3CC(CC(C3)C1)C2. The molecule has 2 N–H and O–H groups in total. The van der Waals surface area contributed by atoms with Gasteiger partial charge in [-0.15, -0.1) is 0 Å². The molecule has 1 amide bonds. The summed E-state index contributed by atoms with van der Waals surface area (Å²) >= 11 is 0. The van der Waals surface area contributed by atoms with Crippen LogP contribution in [-0.4, -0.2) is 18.0 Å². The highest BCUT2D eigenvalue weighted by Gasteiger charge is 2.53. The summed E-state index contributed by atoms with van der Waals surface area (Å²) in [7, 11) is 0. The van der Waals surface area contributed by atoms with E-state index in [-0.39, 0.29) is 11.9 Å². The van der Waals surface area contributed by atoms with Crippen LogP contribution in [0.3, 0.4) is 0 Å². The van der Waals surface area contributed by atoms with E-state index in [2.05, 4.69) is 29.7 Å². The molecule has 4 bridgehead atoms. The van der Waals surface area contributed by atoms with Gasteiger partial charge >= 0.3 is 0 Å². The van der Waals surface area contributed by atoms with Crippen molar-refractivity contribution in [2.45, 2.75) is 76.4 Å². The van der Waals surface area contributed by atoms with E-state index in [1.807, 2.05) is 18.2 Å². The van der Waals surface area contributed by atoms with E-state index in [1.54, 1.807) is 0 Å². The van der Waals surface area contributed by atoms with Gasteiger partial charge in [0, 0.05) is 12.1 Å². The number of rotatable bonds is 6. The Kier molecular flexibility index (Phi) is 4.11. The van der Waals surface area contributed by atoms with Gasteiger partial charge in [0.25, 0.3) is 0 Å². The minimum atomic E-state index is -0.222. The van der Waals surface area contributed by atoms with Gasteiger partial charge in [-0.3, -0.25) is 10.1 Å². The summed E-state index contributed by atoms with van der Waals surface area (Å²) < 4.78 is 0. The van der Waals surface area contributed by atoms with Crippen molar-refractivity contribution in [1.82, 2.24) is 10.6 Å². The van der Waals surface area contributed by atoms with Crippen LogP contribution in [0, 0.1) is 23.2 Å². The lowest BCUT2D eigenvalue weighted by atomic mass is 9.48. The molecule has 1 aromatic carbocycles. The van der Waals surface area contributed by atoms with Crippen LogP contribution in [-0.2, 0) is 4.79 Å². The molecule has 0 unspecified atom stereocenters. The molecule has 1 aromatic rings. The number of nitrogens with one attached hydrogen (secondary N) is 2. The molecule has 5 aliphatic rings. The summed E-state index contributed by atoms with van der Waals surface area (Å²) in [5, 5.41) is 7.04. The Morgan fingerprint density at radius 3 is 2.12 bits per heavy atom. The molecule has 3 heteroatoms. The number of amides is 1. The third-order valence-corrected chi connectivity index (χ3v) is 7.74. The van der Waals surface area contributed by atoms with Gasteiger partial charge in [0.2, 0.25) is 5.91 Å². The van der Waals surface area contributed by atoms with Crippen molar-refractivity contribution in [2.24, 2.45) is 23.2 Å². The summed E-state index contributed by atoms with van der Waals surface area (Å²) in [5.74, 6) is 3.00. The Morgan fingerprint density at radius 1 is 1.00 bits per heavy atom. The summed E-state index contributed by atoms with van der Waals surface area (Å²) in [4.78, 5) is 13.0. The monoisotopic (exact) mass is 352 g/mol. The Labute approximate surface area is 157 Å². The lowest BCUT2D eigenvalue weighted by molar-refractivity contribution is -0.124. The molecule has 0 aliphatic heterocycles. The van der Waals surface area contributed by atoms with Crippen LogP contribution < -0.4 is 10.6 Å². The molecule has 0 saturated heterocycles. The molecule has 6 rings (SSSR count). The van der Waals surface area contributed by atoms with Gasteiger partial charge < -0.3 is 5.32 Å². The minimum absolute atomic E-state index is 0.162. The van der Waals surface area contributed by atoms with Crippen molar-refractivity contribution in [3.8, 4) is 0 Å². The van der Waals surface area contributed by atoms with Crippen LogP contribution in [0.4, 0.5) is 0 Å². The quantitative estimate of drug-likeness (QED) is 0.805. The lowest BCUT2D eigenvalue weighted by Gasteiger charge is -2.59. The second-order valence-electron chi connectivity index (χ2n) is 9.79. The Morgan fingerprint density at radius 2 is 1.58 bits per heavy atom. The van der Waals surface area contributed by atoms with Gasteiger partial charge in [0.1, 0.15) is 6.04 Å². The molecular formula is C23H32N2O. The van der Waals surface area contributed by atoms with E-state index in [0.717, 1.165) is 36.2 Å². The first kappa shape index (κ1) is 16.8. The molecule has 0 heterocycles. The predicted octanol–water partition coefficient (Wildman–Crippen LogP) is 4.20. The van der Waals surface area contributed by atoms with Gasteiger partial charge in [0.05, 0.1) is 0 Å². The van der Waals surface area contributed by atoms with Gasteiger partial charge in [0.15, 0.2) is 0 Å². The number of hydrogen-bond donors (Lipinski definition) is 2. The maximum Gasteiger partial charge on any atom is 0.241 e. The van der Waals surface area contributed by atoms with Crippen molar-refractivity contribution in [1.29, 1.82) is 0 Å². The van der Waals surface area contributed by atoms with Crippen molar-refractivity contribution >= 4 is 5.91 Å². The molecule has 5 aliphatic carbocycles. The summed E-state index contributed by atoms with van der Waals surface area (Å²) in [6.07, 6.45) is 10.8. The third-order valence-electron chi connectivity index (χ3n) is 7.74. The van der Waals surface area contributed by atoms with Crippen molar-refractivity contribution in [3.05, 3.63) is 35.9 Å². The van der Waals surface area contributed by atoms with Gasteiger partial charge in [-0.1, -0.05) is 30.3 Å². The number of benzene rings is 1. The van der Waals surface area contributed by atoms with Crippen molar-refractivity contribution in [2.75, 3.05) is 0 Å². The normalized spacial score (nSPS) is 37.3. The Hall–Kier alpha value is -1.35. The molecule has 140 valence electrons. The zero-order valence-electron chi connectivity index (χ0n) is 15.9. The largest absolute Gasteiger partial charge is 0.352 e. The fraction of sp³-hybridized carbons (Fsp3) is 0.696. The maximum atomic E-state index is 13.0. The smallest absolute Gasteiger partial charge is 0.241 e.